The van der Waals surface area contributed by atoms with Crippen LogP contribution in [0, 0.1) is 0 Å². The lowest BCUT2D eigenvalue weighted by Crippen LogP contribution is -2.36. The summed E-state index contributed by atoms with van der Waals surface area (Å²) < 4.78 is 21.6. The van der Waals surface area contributed by atoms with Gasteiger partial charge in [0.15, 0.2) is 17.6 Å². The van der Waals surface area contributed by atoms with Crippen molar-refractivity contribution in [2.24, 2.45) is 0 Å². The molecule has 2 rings (SSSR count). The highest BCUT2D eigenvalue weighted by Gasteiger charge is 2.18. The molecule has 0 heterocycles. The summed E-state index contributed by atoms with van der Waals surface area (Å²) in [5, 5.41) is 3.43. The van der Waals surface area contributed by atoms with Crippen molar-refractivity contribution < 1.29 is 23.7 Å². The summed E-state index contributed by atoms with van der Waals surface area (Å²) in [7, 11) is 4.62. The molecule has 7 heteroatoms. The quantitative estimate of drug-likeness (QED) is 0.761. The smallest absolute Gasteiger partial charge is 0.261 e. The Morgan fingerprint density at radius 3 is 2.23 bits per heavy atom. The van der Waals surface area contributed by atoms with Crippen LogP contribution in [0.25, 0.3) is 0 Å². The third-order valence-corrected chi connectivity index (χ3v) is 3.99. The van der Waals surface area contributed by atoms with E-state index in [2.05, 4.69) is 5.32 Å². The number of carbonyl (C=O) groups is 1. The number of carbonyl (C=O) groups excluding carboxylic acids is 1. The second-order valence-electron chi connectivity index (χ2n) is 5.43. The van der Waals surface area contributed by atoms with Crippen LogP contribution >= 0.6 is 11.6 Å². The van der Waals surface area contributed by atoms with Gasteiger partial charge in [0.25, 0.3) is 5.91 Å². The van der Waals surface area contributed by atoms with Gasteiger partial charge >= 0.3 is 0 Å². The SMILES string of the molecule is COc1ccc(CNC(=O)[C@@H](C)Oc2ccc(Cl)cc2)c(OC)c1OC. The van der Waals surface area contributed by atoms with Gasteiger partial charge in [-0.15, -0.1) is 0 Å². The van der Waals surface area contributed by atoms with Crippen molar-refractivity contribution in [3.63, 3.8) is 0 Å². The third kappa shape index (κ3) is 4.73. The average Bonchev–Trinajstić information content (AvgIpc) is 2.66. The van der Waals surface area contributed by atoms with Gasteiger partial charge in [0.2, 0.25) is 5.75 Å². The molecule has 0 aromatic heterocycles. The molecule has 1 N–H and O–H groups in total. The van der Waals surface area contributed by atoms with Crippen molar-refractivity contribution in [2.75, 3.05) is 21.3 Å². The second kappa shape index (κ2) is 9.20. The maximum absolute atomic E-state index is 12.3. The van der Waals surface area contributed by atoms with Crippen LogP contribution in [0.1, 0.15) is 12.5 Å². The fourth-order valence-electron chi connectivity index (χ4n) is 2.40. The van der Waals surface area contributed by atoms with E-state index >= 15 is 0 Å². The number of rotatable bonds is 8. The first-order valence-electron chi connectivity index (χ1n) is 7.98. The summed E-state index contributed by atoms with van der Waals surface area (Å²) in [5.74, 6) is 1.86. The van der Waals surface area contributed by atoms with E-state index in [9.17, 15) is 4.79 Å². The molecular weight excluding hydrogens is 358 g/mol. The van der Waals surface area contributed by atoms with E-state index in [1.165, 1.54) is 14.2 Å². The Kier molecular flexibility index (Phi) is 6.97. The first-order chi connectivity index (χ1) is 12.5. The van der Waals surface area contributed by atoms with Gasteiger partial charge in [-0.25, -0.2) is 0 Å². The molecule has 26 heavy (non-hydrogen) atoms. The van der Waals surface area contributed by atoms with Crippen molar-refractivity contribution in [1.29, 1.82) is 0 Å². The largest absolute Gasteiger partial charge is 0.493 e. The Balaban J connectivity index is 2.03. The number of benzene rings is 2. The maximum Gasteiger partial charge on any atom is 0.261 e. The van der Waals surface area contributed by atoms with Crippen LogP contribution in [0.5, 0.6) is 23.0 Å². The third-order valence-electron chi connectivity index (χ3n) is 3.73. The Labute approximate surface area is 158 Å². The molecule has 140 valence electrons. The highest BCUT2D eigenvalue weighted by atomic mass is 35.5. The van der Waals surface area contributed by atoms with Crippen LogP contribution in [-0.4, -0.2) is 33.3 Å². The van der Waals surface area contributed by atoms with Crippen molar-refractivity contribution in [2.45, 2.75) is 19.6 Å². The minimum Gasteiger partial charge on any atom is -0.493 e. The summed E-state index contributed by atoms with van der Waals surface area (Å²) in [5.41, 5.74) is 0.761. The molecule has 1 atom stereocenters. The lowest BCUT2D eigenvalue weighted by atomic mass is 10.1. The summed E-state index contributed by atoms with van der Waals surface area (Å²) in [4.78, 5) is 12.3. The number of halogens is 1. The summed E-state index contributed by atoms with van der Waals surface area (Å²) in [6.45, 7) is 1.94. The van der Waals surface area contributed by atoms with E-state index in [4.69, 9.17) is 30.5 Å². The molecule has 0 spiro atoms. The fourth-order valence-corrected chi connectivity index (χ4v) is 2.53. The normalized spacial score (nSPS) is 11.4. The molecule has 2 aromatic rings. The zero-order valence-electron chi connectivity index (χ0n) is 15.2. The highest BCUT2D eigenvalue weighted by molar-refractivity contribution is 6.30. The number of amides is 1. The molecule has 0 saturated heterocycles. The van der Waals surface area contributed by atoms with E-state index < -0.39 is 6.10 Å². The monoisotopic (exact) mass is 379 g/mol. The minimum absolute atomic E-state index is 0.253. The first kappa shape index (κ1) is 19.7. The highest BCUT2D eigenvalue weighted by Crippen LogP contribution is 2.39. The summed E-state index contributed by atoms with van der Waals surface area (Å²) >= 11 is 5.84. The predicted octanol–water partition coefficient (Wildman–Crippen LogP) is 3.45. The molecule has 0 aliphatic heterocycles. The number of hydrogen-bond acceptors (Lipinski definition) is 5. The average molecular weight is 380 g/mol. The summed E-state index contributed by atoms with van der Waals surface area (Å²) in [6.07, 6.45) is -0.665. The van der Waals surface area contributed by atoms with Crippen molar-refractivity contribution in [1.82, 2.24) is 5.32 Å². The number of nitrogens with one attached hydrogen (secondary N) is 1. The minimum atomic E-state index is -0.665. The molecule has 0 aliphatic carbocycles. The van der Waals surface area contributed by atoms with Gasteiger partial charge in [-0.2, -0.15) is 0 Å². The number of methoxy groups -OCH3 is 3. The molecule has 0 aliphatic rings. The van der Waals surface area contributed by atoms with Crippen LogP contribution in [0.4, 0.5) is 0 Å². The Morgan fingerprint density at radius 2 is 1.65 bits per heavy atom. The van der Waals surface area contributed by atoms with Crippen LogP contribution in [0.15, 0.2) is 36.4 Å². The first-order valence-corrected chi connectivity index (χ1v) is 8.35. The lowest BCUT2D eigenvalue weighted by Gasteiger charge is -2.18. The Morgan fingerprint density at radius 1 is 1.00 bits per heavy atom. The zero-order chi connectivity index (χ0) is 19.1. The van der Waals surface area contributed by atoms with Crippen LogP contribution in [0.2, 0.25) is 5.02 Å². The standard InChI is InChI=1S/C19H22ClNO5/c1-12(26-15-8-6-14(20)7-9-15)19(22)21-11-13-5-10-16(23-2)18(25-4)17(13)24-3/h5-10,12H,11H2,1-4H3,(H,21,22)/t12-/m1/s1. The molecule has 0 saturated carbocycles. The second-order valence-corrected chi connectivity index (χ2v) is 5.86. The molecule has 1 amide bonds. The van der Waals surface area contributed by atoms with E-state index in [0.717, 1.165) is 5.56 Å². The Hall–Kier alpha value is -2.60. The van der Waals surface area contributed by atoms with Gasteiger partial charge in [0, 0.05) is 17.1 Å². The number of ether oxygens (including phenoxy) is 4. The number of hydrogen-bond donors (Lipinski definition) is 1. The van der Waals surface area contributed by atoms with E-state index in [1.54, 1.807) is 44.4 Å². The molecule has 2 aromatic carbocycles. The molecule has 0 unspecified atom stereocenters. The van der Waals surface area contributed by atoms with Gasteiger partial charge < -0.3 is 24.3 Å². The molecule has 6 nitrogen and oxygen atoms in total. The molecular formula is C19H22ClNO5. The lowest BCUT2D eigenvalue weighted by molar-refractivity contribution is -0.127. The van der Waals surface area contributed by atoms with E-state index in [1.807, 2.05) is 6.07 Å². The van der Waals surface area contributed by atoms with Gasteiger partial charge in [0.1, 0.15) is 5.75 Å². The summed E-state index contributed by atoms with van der Waals surface area (Å²) in [6, 6.07) is 10.4. The van der Waals surface area contributed by atoms with E-state index in [-0.39, 0.29) is 12.5 Å². The van der Waals surface area contributed by atoms with E-state index in [0.29, 0.717) is 28.0 Å². The van der Waals surface area contributed by atoms with Gasteiger partial charge in [-0.1, -0.05) is 11.6 Å². The molecule has 0 fully saturated rings. The molecule has 0 bridgehead atoms. The topological polar surface area (TPSA) is 66.0 Å². The van der Waals surface area contributed by atoms with Gasteiger partial charge in [-0.3, -0.25) is 4.79 Å². The van der Waals surface area contributed by atoms with Gasteiger partial charge in [0.05, 0.1) is 21.3 Å². The zero-order valence-corrected chi connectivity index (χ0v) is 15.9. The van der Waals surface area contributed by atoms with Crippen molar-refractivity contribution in [3.05, 3.63) is 47.0 Å². The van der Waals surface area contributed by atoms with Crippen molar-refractivity contribution >= 4 is 17.5 Å². The fraction of sp³-hybridized carbons (Fsp3) is 0.316. The van der Waals surface area contributed by atoms with Crippen LogP contribution in [0.3, 0.4) is 0 Å². The van der Waals surface area contributed by atoms with Crippen LogP contribution in [-0.2, 0) is 11.3 Å². The molecule has 0 radical (unpaired) electrons. The van der Waals surface area contributed by atoms with Crippen LogP contribution < -0.4 is 24.3 Å². The van der Waals surface area contributed by atoms with Gasteiger partial charge in [-0.05, 0) is 43.3 Å². The van der Waals surface area contributed by atoms with Crippen molar-refractivity contribution in [3.8, 4) is 23.0 Å². The maximum atomic E-state index is 12.3. The predicted molar refractivity (Wildman–Crippen MR) is 99.5 cm³/mol. The Bertz CT molecular complexity index is 748.